The predicted octanol–water partition coefficient (Wildman–Crippen LogP) is 2.20. The molecule has 2 rings (SSSR count). The number of nitrogens with zero attached hydrogens (tertiary/aromatic N) is 3. The van der Waals surface area contributed by atoms with Crippen LogP contribution < -0.4 is 5.32 Å². The molecule has 0 fully saturated rings. The standard InChI is InChI=1S/C11H10F2N4O3/c1-5(14-2)10-15-16-11(20-10)6-3-7(12)8(13)4-9(6)17(18)19/h3-5,14H,1-2H3. The summed E-state index contributed by atoms with van der Waals surface area (Å²) in [6.45, 7) is 1.73. The molecule has 0 aliphatic carbocycles. The van der Waals surface area contributed by atoms with E-state index in [4.69, 9.17) is 4.42 Å². The van der Waals surface area contributed by atoms with Crippen molar-refractivity contribution in [3.05, 3.63) is 39.8 Å². The number of rotatable bonds is 4. The van der Waals surface area contributed by atoms with Crippen LogP contribution in [0, 0.1) is 21.7 Å². The molecule has 1 N–H and O–H groups in total. The quantitative estimate of drug-likeness (QED) is 0.683. The van der Waals surface area contributed by atoms with Gasteiger partial charge in [0.15, 0.2) is 11.6 Å². The van der Waals surface area contributed by atoms with Gasteiger partial charge in [-0.3, -0.25) is 10.1 Å². The van der Waals surface area contributed by atoms with Gasteiger partial charge in [-0.15, -0.1) is 10.2 Å². The highest BCUT2D eigenvalue weighted by Gasteiger charge is 2.24. The molecule has 0 bridgehead atoms. The van der Waals surface area contributed by atoms with Gasteiger partial charge in [-0.05, 0) is 20.0 Å². The van der Waals surface area contributed by atoms with E-state index in [2.05, 4.69) is 15.5 Å². The van der Waals surface area contributed by atoms with Crippen molar-refractivity contribution >= 4 is 5.69 Å². The van der Waals surface area contributed by atoms with Crippen LogP contribution in [-0.4, -0.2) is 22.2 Å². The molecule has 0 aliphatic heterocycles. The first-order chi connectivity index (χ1) is 9.43. The van der Waals surface area contributed by atoms with Crippen molar-refractivity contribution < 1.29 is 18.1 Å². The fourth-order valence-corrected chi connectivity index (χ4v) is 1.50. The van der Waals surface area contributed by atoms with Gasteiger partial charge < -0.3 is 9.73 Å². The van der Waals surface area contributed by atoms with Gasteiger partial charge in [0.2, 0.25) is 5.89 Å². The van der Waals surface area contributed by atoms with Crippen molar-refractivity contribution in [2.45, 2.75) is 13.0 Å². The molecule has 1 unspecified atom stereocenters. The Bertz CT molecular complexity index is 659. The lowest BCUT2D eigenvalue weighted by atomic mass is 10.1. The van der Waals surface area contributed by atoms with Gasteiger partial charge in [0.1, 0.15) is 5.56 Å². The Labute approximate surface area is 111 Å². The van der Waals surface area contributed by atoms with Crippen LogP contribution in [0.25, 0.3) is 11.5 Å². The second-order valence-corrected chi connectivity index (χ2v) is 4.00. The molecule has 0 spiro atoms. The number of nitro groups is 1. The van der Waals surface area contributed by atoms with E-state index in [1.807, 2.05) is 0 Å². The van der Waals surface area contributed by atoms with Crippen molar-refractivity contribution in [3.63, 3.8) is 0 Å². The summed E-state index contributed by atoms with van der Waals surface area (Å²) in [4.78, 5) is 10.0. The summed E-state index contributed by atoms with van der Waals surface area (Å²) in [5.41, 5.74) is -0.910. The zero-order valence-corrected chi connectivity index (χ0v) is 10.6. The third-order valence-electron chi connectivity index (χ3n) is 2.71. The van der Waals surface area contributed by atoms with Crippen LogP contribution in [0.1, 0.15) is 18.9 Å². The molecule has 1 atom stereocenters. The Hall–Kier alpha value is -2.42. The molecule has 0 saturated carbocycles. The monoisotopic (exact) mass is 284 g/mol. The van der Waals surface area contributed by atoms with Crippen LogP contribution in [0.3, 0.4) is 0 Å². The Morgan fingerprint density at radius 3 is 2.60 bits per heavy atom. The van der Waals surface area contributed by atoms with Crippen molar-refractivity contribution in [1.29, 1.82) is 0 Å². The molecule has 2 aromatic rings. The SMILES string of the molecule is CNC(C)c1nnc(-c2cc(F)c(F)cc2[N+](=O)[O-])o1. The number of benzene rings is 1. The lowest BCUT2D eigenvalue weighted by Crippen LogP contribution is -2.12. The smallest absolute Gasteiger partial charge is 0.285 e. The second-order valence-electron chi connectivity index (χ2n) is 4.00. The van der Waals surface area contributed by atoms with Crippen LogP contribution in [0.2, 0.25) is 0 Å². The third-order valence-corrected chi connectivity index (χ3v) is 2.71. The highest BCUT2D eigenvalue weighted by molar-refractivity contribution is 5.66. The minimum Gasteiger partial charge on any atom is -0.419 e. The van der Waals surface area contributed by atoms with Crippen molar-refractivity contribution in [1.82, 2.24) is 15.5 Å². The van der Waals surface area contributed by atoms with Crippen LogP contribution in [0.4, 0.5) is 14.5 Å². The summed E-state index contributed by atoms with van der Waals surface area (Å²) in [6, 6.07) is 0.866. The Kier molecular flexibility index (Phi) is 3.70. The van der Waals surface area contributed by atoms with Crippen LogP contribution in [0.15, 0.2) is 16.5 Å². The molecule has 0 amide bonds. The average molecular weight is 284 g/mol. The molecule has 20 heavy (non-hydrogen) atoms. The summed E-state index contributed by atoms with van der Waals surface area (Å²) in [7, 11) is 1.66. The van der Waals surface area contributed by atoms with E-state index in [0.29, 0.717) is 12.1 Å². The molecule has 0 radical (unpaired) electrons. The van der Waals surface area contributed by atoms with Gasteiger partial charge in [0, 0.05) is 0 Å². The molecule has 1 heterocycles. The highest BCUT2D eigenvalue weighted by Crippen LogP contribution is 2.31. The number of hydrogen-bond donors (Lipinski definition) is 1. The van der Waals surface area contributed by atoms with Gasteiger partial charge in [0.05, 0.1) is 17.0 Å². The fourth-order valence-electron chi connectivity index (χ4n) is 1.50. The summed E-state index contributed by atoms with van der Waals surface area (Å²) in [5, 5.41) is 21.0. The molecule has 106 valence electrons. The molecule has 9 heteroatoms. The van der Waals surface area contributed by atoms with E-state index in [-0.39, 0.29) is 23.4 Å². The topological polar surface area (TPSA) is 94.1 Å². The van der Waals surface area contributed by atoms with Gasteiger partial charge in [-0.1, -0.05) is 0 Å². The van der Waals surface area contributed by atoms with E-state index in [1.165, 1.54) is 0 Å². The third kappa shape index (κ3) is 2.48. The molecule has 0 saturated heterocycles. The first kappa shape index (κ1) is 14.0. The summed E-state index contributed by atoms with van der Waals surface area (Å²) < 4.78 is 31.5. The minimum absolute atomic E-state index is 0.182. The zero-order chi connectivity index (χ0) is 14.9. The van der Waals surface area contributed by atoms with E-state index >= 15 is 0 Å². The molecule has 0 aliphatic rings. The number of aromatic nitrogens is 2. The number of nitro benzene ring substituents is 1. The number of hydrogen-bond acceptors (Lipinski definition) is 6. The maximum Gasteiger partial charge on any atom is 0.285 e. The van der Waals surface area contributed by atoms with Crippen molar-refractivity contribution in [2.24, 2.45) is 0 Å². The summed E-state index contributed by atoms with van der Waals surface area (Å²) >= 11 is 0. The van der Waals surface area contributed by atoms with Gasteiger partial charge in [0.25, 0.3) is 11.6 Å². The van der Waals surface area contributed by atoms with Gasteiger partial charge in [-0.25, -0.2) is 8.78 Å². The van der Waals surface area contributed by atoms with E-state index in [9.17, 15) is 18.9 Å². The molecular weight excluding hydrogens is 274 g/mol. The lowest BCUT2D eigenvalue weighted by Gasteiger charge is -2.03. The van der Waals surface area contributed by atoms with E-state index in [1.54, 1.807) is 14.0 Å². The normalized spacial score (nSPS) is 12.4. The van der Waals surface area contributed by atoms with Crippen LogP contribution in [-0.2, 0) is 0 Å². The minimum atomic E-state index is -1.32. The molecule has 7 nitrogen and oxygen atoms in total. The first-order valence-corrected chi connectivity index (χ1v) is 5.58. The van der Waals surface area contributed by atoms with E-state index in [0.717, 1.165) is 0 Å². The van der Waals surface area contributed by atoms with Crippen LogP contribution >= 0.6 is 0 Å². The maximum atomic E-state index is 13.2. The molecule has 1 aromatic carbocycles. The fraction of sp³-hybridized carbons (Fsp3) is 0.273. The van der Waals surface area contributed by atoms with Gasteiger partial charge >= 0.3 is 0 Å². The highest BCUT2D eigenvalue weighted by atomic mass is 19.2. The second kappa shape index (κ2) is 5.29. The molecule has 1 aromatic heterocycles. The number of halogens is 2. The Balaban J connectivity index is 2.54. The largest absolute Gasteiger partial charge is 0.419 e. The van der Waals surface area contributed by atoms with Gasteiger partial charge in [-0.2, -0.15) is 0 Å². The summed E-state index contributed by atoms with van der Waals surface area (Å²) in [5.74, 6) is -2.61. The van der Waals surface area contributed by atoms with E-state index < -0.39 is 22.2 Å². The first-order valence-electron chi connectivity index (χ1n) is 5.58. The maximum absolute atomic E-state index is 13.2. The lowest BCUT2D eigenvalue weighted by molar-refractivity contribution is -0.384. The van der Waals surface area contributed by atoms with Crippen molar-refractivity contribution in [3.8, 4) is 11.5 Å². The molecular formula is C11H10F2N4O3. The average Bonchev–Trinajstić information content (AvgIpc) is 2.89. The number of nitrogens with one attached hydrogen (secondary N) is 1. The van der Waals surface area contributed by atoms with Crippen molar-refractivity contribution in [2.75, 3.05) is 7.05 Å². The zero-order valence-electron chi connectivity index (χ0n) is 10.6. The van der Waals surface area contributed by atoms with Crippen LogP contribution in [0.5, 0.6) is 0 Å². The Morgan fingerprint density at radius 2 is 2.00 bits per heavy atom. The Morgan fingerprint density at radius 1 is 1.35 bits per heavy atom. The predicted molar refractivity (Wildman–Crippen MR) is 63.8 cm³/mol. The summed E-state index contributed by atoms with van der Waals surface area (Å²) in [6.07, 6.45) is 0.